The Balaban J connectivity index is 4.01. The molecule has 0 aliphatic heterocycles. The summed E-state index contributed by atoms with van der Waals surface area (Å²) >= 11 is 0. The predicted octanol–water partition coefficient (Wildman–Crippen LogP) is 0.276. The summed E-state index contributed by atoms with van der Waals surface area (Å²) < 4.78 is 0. The smallest absolute Gasteiger partial charge is 0.108 e. The zero-order chi connectivity index (χ0) is 12.0. The molecule has 4 atom stereocenters. The van der Waals surface area contributed by atoms with Crippen molar-refractivity contribution in [3.8, 4) is 0 Å². The van der Waals surface area contributed by atoms with E-state index in [0.717, 1.165) is 6.42 Å². The second-order valence-electron chi connectivity index (χ2n) is 4.50. The van der Waals surface area contributed by atoms with Crippen LogP contribution in [0.4, 0.5) is 0 Å². The maximum atomic E-state index is 9.56. The molecule has 0 rings (SSSR count). The molecule has 0 aliphatic rings. The second kappa shape index (κ2) is 7.17. The van der Waals surface area contributed by atoms with Crippen molar-refractivity contribution >= 4 is 0 Å². The fraction of sp³-hybridized carbons (Fsp3) is 1.00. The highest BCUT2D eigenvalue weighted by Crippen LogP contribution is 2.14. The molecular formula is C11H24O4. The van der Waals surface area contributed by atoms with Gasteiger partial charge in [-0.25, -0.2) is 0 Å². The molecule has 4 nitrogen and oxygen atoms in total. The summed E-state index contributed by atoms with van der Waals surface area (Å²) in [5, 5.41) is 37.9. The second-order valence-corrected chi connectivity index (χ2v) is 4.50. The molecule has 0 aliphatic carbocycles. The maximum Gasteiger partial charge on any atom is 0.108 e. The molecule has 0 bridgehead atoms. The summed E-state index contributed by atoms with van der Waals surface area (Å²) in [6.07, 6.45) is -2.90. The number of aliphatic hydroxyl groups is 4. The van der Waals surface area contributed by atoms with E-state index in [1.807, 2.05) is 13.8 Å². The van der Waals surface area contributed by atoms with Crippen LogP contribution in [-0.4, -0.2) is 44.8 Å². The molecule has 0 aromatic heterocycles. The van der Waals surface area contributed by atoms with Gasteiger partial charge in [-0.1, -0.05) is 20.8 Å². The summed E-state index contributed by atoms with van der Waals surface area (Å²) in [6, 6.07) is 0. The van der Waals surface area contributed by atoms with Crippen molar-refractivity contribution < 1.29 is 20.4 Å². The van der Waals surface area contributed by atoms with Crippen LogP contribution in [0.5, 0.6) is 0 Å². The van der Waals surface area contributed by atoms with E-state index in [9.17, 15) is 20.4 Å². The summed E-state index contributed by atoms with van der Waals surface area (Å²) in [5.41, 5.74) is 0. The molecule has 15 heavy (non-hydrogen) atoms. The van der Waals surface area contributed by atoms with Crippen molar-refractivity contribution in [3.63, 3.8) is 0 Å². The minimum absolute atomic E-state index is 0.356. The lowest BCUT2D eigenvalue weighted by Crippen LogP contribution is -2.44. The average Bonchev–Trinajstić information content (AvgIpc) is 2.22. The summed E-state index contributed by atoms with van der Waals surface area (Å²) in [4.78, 5) is 0. The van der Waals surface area contributed by atoms with Gasteiger partial charge in [0.1, 0.15) is 12.2 Å². The van der Waals surface area contributed by atoms with E-state index in [4.69, 9.17) is 0 Å². The van der Waals surface area contributed by atoms with Crippen LogP contribution in [0.15, 0.2) is 0 Å². The highest BCUT2D eigenvalue weighted by molar-refractivity contribution is 4.80. The van der Waals surface area contributed by atoms with E-state index in [2.05, 4.69) is 0 Å². The molecule has 0 spiro atoms. The third-order valence-corrected chi connectivity index (χ3v) is 2.60. The zero-order valence-corrected chi connectivity index (χ0v) is 9.80. The monoisotopic (exact) mass is 220 g/mol. The fourth-order valence-electron chi connectivity index (χ4n) is 1.37. The van der Waals surface area contributed by atoms with Crippen molar-refractivity contribution in [1.29, 1.82) is 0 Å². The van der Waals surface area contributed by atoms with Gasteiger partial charge in [0, 0.05) is 0 Å². The lowest BCUT2D eigenvalue weighted by atomic mass is 9.96. The third kappa shape index (κ3) is 5.47. The van der Waals surface area contributed by atoms with Crippen LogP contribution in [0.2, 0.25) is 0 Å². The minimum atomic E-state index is -1.27. The molecule has 0 amide bonds. The van der Waals surface area contributed by atoms with Crippen molar-refractivity contribution in [2.45, 2.75) is 64.4 Å². The Hall–Kier alpha value is -0.160. The van der Waals surface area contributed by atoms with Crippen LogP contribution in [-0.2, 0) is 0 Å². The Kier molecular flexibility index (Phi) is 7.09. The van der Waals surface area contributed by atoms with Crippen LogP contribution in [0, 0.1) is 5.92 Å². The molecule has 0 aromatic rings. The van der Waals surface area contributed by atoms with Crippen LogP contribution in [0.3, 0.4) is 0 Å². The van der Waals surface area contributed by atoms with Crippen LogP contribution in [0.1, 0.15) is 40.0 Å². The Bertz CT molecular complexity index is 161. The van der Waals surface area contributed by atoms with Gasteiger partial charge in [0.05, 0.1) is 12.2 Å². The quantitative estimate of drug-likeness (QED) is 0.496. The Morgan fingerprint density at radius 2 is 1.27 bits per heavy atom. The molecular weight excluding hydrogens is 196 g/mol. The van der Waals surface area contributed by atoms with Crippen LogP contribution in [0.25, 0.3) is 0 Å². The van der Waals surface area contributed by atoms with Gasteiger partial charge in [0.2, 0.25) is 0 Å². The van der Waals surface area contributed by atoms with E-state index >= 15 is 0 Å². The number of hydrogen-bond acceptors (Lipinski definition) is 4. The normalized spacial score (nSPS) is 20.0. The van der Waals surface area contributed by atoms with Gasteiger partial charge < -0.3 is 20.4 Å². The summed E-state index contributed by atoms with van der Waals surface area (Å²) in [5.74, 6) is 0.445. The highest BCUT2D eigenvalue weighted by Gasteiger charge is 2.29. The van der Waals surface area contributed by atoms with Gasteiger partial charge in [0.25, 0.3) is 0 Å². The van der Waals surface area contributed by atoms with Crippen molar-refractivity contribution in [2.75, 3.05) is 0 Å². The molecule has 4 N–H and O–H groups in total. The lowest BCUT2D eigenvalue weighted by molar-refractivity contribution is -0.107. The van der Waals surface area contributed by atoms with Crippen molar-refractivity contribution in [1.82, 2.24) is 0 Å². The predicted molar refractivity (Wildman–Crippen MR) is 58.4 cm³/mol. The topological polar surface area (TPSA) is 80.9 Å². The summed E-state index contributed by atoms with van der Waals surface area (Å²) in [6.45, 7) is 5.76. The van der Waals surface area contributed by atoms with Gasteiger partial charge in [0.15, 0.2) is 0 Å². The molecule has 4 heteroatoms. The van der Waals surface area contributed by atoms with Gasteiger partial charge in [-0.2, -0.15) is 0 Å². The molecule has 0 aromatic carbocycles. The molecule has 0 radical (unpaired) electrons. The van der Waals surface area contributed by atoms with E-state index in [0.29, 0.717) is 18.8 Å². The SMILES string of the molecule is CC[C@@H](O)[C@@H](O)[C@H](O)[C@H](O)CCC(C)C. The Morgan fingerprint density at radius 1 is 0.800 bits per heavy atom. The molecule has 0 heterocycles. The van der Waals surface area contributed by atoms with Crippen molar-refractivity contribution in [2.24, 2.45) is 5.92 Å². The highest BCUT2D eigenvalue weighted by atomic mass is 16.4. The Morgan fingerprint density at radius 3 is 1.67 bits per heavy atom. The zero-order valence-electron chi connectivity index (χ0n) is 9.80. The molecule has 0 saturated carbocycles. The van der Waals surface area contributed by atoms with Crippen molar-refractivity contribution in [3.05, 3.63) is 0 Å². The minimum Gasteiger partial charge on any atom is -0.390 e. The summed E-state index contributed by atoms with van der Waals surface area (Å²) in [7, 11) is 0. The van der Waals surface area contributed by atoms with Crippen LogP contribution < -0.4 is 0 Å². The van der Waals surface area contributed by atoms with Gasteiger partial charge in [-0.3, -0.25) is 0 Å². The number of aliphatic hydroxyl groups excluding tert-OH is 4. The average molecular weight is 220 g/mol. The van der Waals surface area contributed by atoms with Crippen LogP contribution >= 0.6 is 0 Å². The molecule has 0 saturated heterocycles. The lowest BCUT2D eigenvalue weighted by Gasteiger charge is -2.26. The Labute approximate surface area is 91.6 Å². The number of rotatable bonds is 7. The first kappa shape index (κ1) is 14.8. The van der Waals surface area contributed by atoms with E-state index in [1.54, 1.807) is 6.92 Å². The van der Waals surface area contributed by atoms with Gasteiger partial charge >= 0.3 is 0 Å². The molecule has 0 unspecified atom stereocenters. The molecule has 0 fully saturated rings. The van der Waals surface area contributed by atoms with E-state index < -0.39 is 24.4 Å². The fourth-order valence-corrected chi connectivity index (χ4v) is 1.37. The first-order valence-electron chi connectivity index (χ1n) is 5.62. The van der Waals surface area contributed by atoms with Gasteiger partial charge in [-0.15, -0.1) is 0 Å². The maximum absolute atomic E-state index is 9.56. The third-order valence-electron chi connectivity index (χ3n) is 2.60. The van der Waals surface area contributed by atoms with E-state index in [-0.39, 0.29) is 0 Å². The molecule has 92 valence electrons. The van der Waals surface area contributed by atoms with Gasteiger partial charge in [-0.05, 0) is 25.2 Å². The van der Waals surface area contributed by atoms with E-state index in [1.165, 1.54) is 0 Å². The number of hydrogen-bond donors (Lipinski definition) is 4. The first-order valence-corrected chi connectivity index (χ1v) is 5.62. The standard InChI is InChI=1S/C11H24O4/c1-4-8(12)10(14)11(15)9(13)6-5-7(2)3/h7-15H,4-6H2,1-3H3/t8-,9-,10-,11-/m1/s1. The first-order chi connectivity index (χ1) is 6.90. The largest absolute Gasteiger partial charge is 0.390 e.